The normalized spacial score (nSPS) is 20.5. The van der Waals surface area contributed by atoms with Crippen LogP contribution in [0.25, 0.3) is 0 Å². The largest absolute Gasteiger partial charge is 0.573 e. The standard InChI is InChI=1S/C20H26F3N3O3S/c1-13(2)11-16-12-28-19(27)26(16)15-7-9-25(10-8-15)18(30)24-14-3-5-17(6-4-14)29-20(21,22)23/h3-6,13,15-16H,7-12H2,1-2H3,(H,24,30). The highest BCUT2D eigenvalue weighted by molar-refractivity contribution is 7.80. The van der Waals surface area contributed by atoms with Crippen LogP contribution < -0.4 is 10.1 Å². The minimum atomic E-state index is -4.72. The molecule has 1 aromatic rings. The Balaban J connectivity index is 1.51. The number of hydrogen-bond acceptors (Lipinski definition) is 4. The van der Waals surface area contributed by atoms with Crippen molar-refractivity contribution in [3.63, 3.8) is 0 Å². The van der Waals surface area contributed by atoms with Crippen molar-refractivity contribution in [3.8, 4) is 5.75 Å². The van der Waals surface area contributed by atoms with Crippen molar-refractivity contribution in [2.75, 3.05) is 25.0 Å². The number of hydrogen-bond donors (Lipinski definition) is 1. The second-order valence-corrected chi connectivity index (χ2v) is 8.37. The molecule has 6 nitrogen and oxygen atoms in total. The number of nitrogens with zero attached hydrogens (tertiary/aromatic N) is 2. The predicted molar refractivity (Wildman–Crippen MR) is 110 cm³/mol. The van der Waals surface area contributed by atoms with Gasteiger partial charge < -0.3 is 19.7 Å². The number of anilines is 1. The number of benzene rings is 1. The smallest absolute Gasteiger partial charge is 0.447 e. The molecule has 1 amide bonds. The number of amides is 1. The van der Waals surface area contributed by atoms with Crippen LogP contribution in [0.5, 0.6) is 5.75 Å². The van der Waals surface area contributed by atoms with Crippen LogP contribution in [-0.4, -0.2) is 59.1 Å². The van der Waals surface area contributed by atoms with Crippen LogP contribution in [0, 0.1) is 5.92 Å². The van der Waals surface area contributed by atoms with Gasteiger partial charge in [0.2, 0.25) is 0 Å². The molecule has 1 aromatic carbocycles. The monoisotopic (exact) mass is 445 g/mol. The van der Waals surface area contributed by atoms with E-state index < -0.39 is 6.36 Å². The van der Waals surface area contributed by atoms with Crippen molar-refractivity contribution in [1.82, 2.24) is 9.80 Å². The van der Waals surface area contributed by atoms with Gasteiger partial charge in [-0.2, -0.15) is 0 Å². The molecule has 0 bridgehead atoms. The van der Waals surface area contributed by atoms with Gasteiger partial charge in [0.1, 0.15) is 12.4 Å². The first-order valence-electron chi connectivity index (χ1n) is 9.99. The van der Waals surface area contributed by atoms with E-state index in [0.29, 0.717) is 36.4 Å². The van der Waals surface area contributed by atoms with Crippen LogP contribution in [0.2, 0.25) is 0 Å². The number of cyclic esters (lactones) is 1. The molecule has 10 heteroatoms. The summed E-state index contributed by atoms with van der Waals surface area (Å²) in [5.74, 6) is 0.199. The second kappa shape index (κ2) is 9.28. The van der Waals surface area contributed by atoms with Gasteiger partial charge in [-0.25, -0.2) is 4.79 Å². The van der Waals surface area contributed by atoms with Gasteiger partial charge >= 0.3 is 12.5 Å². The van der Waals surface area contributed by atoms with Gasteiger partial charge in [0.25, 0.3) is 0 Å². The summed E-state index contributed by atoms with van der Waals surface area (Å²) < 4.78 is 45.9. The minimum absolute atomic E-state index is 0.122. The molecule has 0 aromatic heterocycles. The van der Waals surface area contributed by atoms with Gasteiger partial charge in [0.05, 0.1) is 6.04 Å². The third kappa shape index (κ3) is 5.90. The van der Waals surface area contributed by atoms with Gasteiger partial charge in [-0.15, -0.1) is 13.2 Å². The summed E-state index contributed by atoms with van der Waals surface area (Å²) in [5, 5.41) is 3.55. The predicted octanol–water partition coefficient (Wildman–Crippen LogP) is 4.61. The molecule has 2 fully saturated rings. The fourth-order valence-corrected chi connectivity index (χ4v) is 4.23. The van der Waals surface area contributed by atoms with E-state index >= 15 is 0 Å². The third-order valence-corrected chi connectivity index (χ3v) is 5.59. The zero-order valence-electron chi connectivity index (χ0n) is 16.9. The SMILES string of the molecule is CC(C)CC1COC(=O)N1C1CCN(C(=S)Nc2ccc(OC(F)(F)F)cc2)CC1. The fraction of sp³-hybridized carbons (Fsp3) is 0.600. The maximum Gasteiger partial charge on any atom is 0.573 e. The van der Waals surface area contributed by atoms with Gasteiger partial charge in [0.15, 0.2) is 5.11 Å². The number of nitrogens with one attached hydrogen (secondary N) is 1. The Morgan fingerprint density at radius 3 is 2.47 bits per heavy atom. The van der Waals surface area contributed by atoms with Crippen LogP contribution in [0.15, 0.2) is 24.3 Å². The molecule has 2 heterocycles. The maximum atomic E-state index is 12.3. The molecule has 0 saturated carbocycles. The summed E-state index contributed by atoms with van der Waals surface area (Å²) in [4.78, 5) is 16.1. The molecule has 3 rings (SSSR count). The Kier molecular flexibility index (Phi) is 6.95. The highest BCUT2D eigenvalue weighted by atomic mass is 32.1. The molecular weight excluding hydrogens is 419 g/mol. The van der Waals surface area contributed by atoms with Crippen molar-refractivity contribution >= 4 is 29.1 Å². The van der Waals surface area contributed by atoms with Crippen LogP contribution in [0.3, 0.4) is 0 Å². The summed E-state index contributed by atoms with van der Waals surface area (Å²) in [6.45, 7) is 6.09. The van der Waals surface area contributed by atoms with E-state index in [1.54, 1.807) is 0 Å². The zero-order valence-corrected chi connectivity index (χ0v) is 17.8. The number of rotatable bonds is 5. The molecule has 2 saturated heterocycles. The van der Waals surface area contributed by atoms with Gasteiger partial charge in [0, 0.05) is 24.8 Å². The first-order valence-corrected chi connectivity index (χ1v) is 10.4. The topological polar surface area (TPSA) is 54.0 Å². The highest BCUT2D eigenvalue weighted by Crippen LogP contribution is 2.28. The number of piperidine rings is 1. The number of carbonyl (C=O) groups is 1. The number of ether oxygens (including phenoxy) is 2. The van der Waals surface area contributed by atoms with E-state index in [9.17, 15) is 18.0 Å². The van der Waals surface area contributed by atoms with Crippen LogP contribution in [0.1, 0.15) is 33.1 Å². The van der Waals surface area contributed by atoms with Crippen LogP contribution in [-0.2, 0) is 4.74 Å². The minimum Gasteiger partial charge on any atom is -0.447 e. The Hall–Kier alpha value is -2.23. The summed E-state index contributed by atoms with van der Waals surface area (Å²) in [5.41, 5.74) is 0.580. The molecule has 1 N–H and O–H groups in total. The number of thiocarbonyl (C=S) groups is 1. The van der Waals surface area contributed by atoms with E-state index in [1.807, 2.05) is 9.80 Å². The lowest BCUT2D eigenvalue weighted by Gasteiger charge is -2.39. The molecule has 0 spiro atoms. The summed E-state index contributed by atoms with van der Waals surface area (Å²) in [7, 11) is 0. The molecule has 2 aliphatic rings. The molecule has 166 valence electrons. The lowest BCUT2D eigenvalue weighted by Crippen LogP contribution is -2.50. The molecule has 30 heavy (non-hydrogen) atoms. The lowest BCUT2D eigenvalue weighted by atomic mass is 9.98. The second-order valence-electron chi connectivity index (χ2n) is 7.99. The molecule has 0 radical (unpaired) electrons. The first-order chi connectivity index (χ1) is 14.1. The molecule has 1 atom stereocenters. The Labute approximate surface area is 179 Å². The van der Waals surface area contributed by atoms with E-state index in [1.165, 1.54) is 24.3 Å². The Bertz CT molecular complexity index is 750. The van der Waals surface area contributed by atoms with E-state index in [4.69, 9.17) is 17.0 Å². The van der Waals surface area contributed by atoms with Crippen LogP contribution >= 0.6 is 12.2 Å². The quantitative estimate of drug-likeness (QED) is 0.668. The summed E-state index contributed by atoms with van der Waals surface area (Å²) >= 11 is 5.45. The average Bonchev–Trinajstić information content (AvgIpc) is 3.01. The molecule has 1 unspecified atom stereocenters. The summed E-state index contributed by atoms with van der Waals surface area (Å²) in [6, 6.07) is 5.68. The van der Waals surface area contributed by atoms with Crippen molar-refractivity contribution in [1.29, 1.82) is 0 Å². The number of halogens is 3. The van der Waals surface area contributed by atoms with Crippen molar-refractivity contribution in [3.05, 3.63) is 24.3 Å². The van der Waals surface area contributed by atoms with Gasteiger partial charge in [-0.1, -0.05) is 13.8 Å². The average molecular weight is 446 g/mol. The molecule has 2 aliphatic heterocycles. The van der Waals surface area contributed by atoms with Crippen molar-refractivity contribution < 1.29 is 27.4 Å². The molecule has 0 aliphatic carbocycles. The fourth-order valence-electron chi connectivity index (χ4n) is 3.93. The van der Waals surface area contributed by atoms with Crippen molar-refractivity contribution in [2.45, 2.75) is 51.6 Å². The zero-order chi connectivity index (χ0) is 21.9. The molecular formula is C20H26F3N3O3S. The number of carbonyl (C=O) groups excluding carboxylic acids is 1. The Morgan fingerprint density at radius 2 is 1.90 bits per heavy atom. The maximum absolute atomic E-state index is 12.3. The van der Waals surface area contributed by atoms with E-state index in [-0.39, 0.29) is 23.9 Å². The van der Waals surface area contributed by atoms with Gasteiger partial charge in [-0.05, 0) is 61.7 Å². The Morgan fingerprint density at radius 1 is 1.27 bits per heavy atom. The summed E-state index contributed by atoms with van der Waals surface area (Å²) in [6.07, 6.45) is -2.47. The highest BCUT2D eigenvalue weighted by Gasteiger charge is 2.39. The number of likely N-dealkylation sites (tertiary alicyclic amines) is 1. The van der Waals surface area contributed by atoms with E-state index in [0.717, 1.165) is 19.3 Å². The lowest BCUT2D eigenvalue weighted by molar-refractivity contribution is -0.274. The van der Waals surface area contributed by atoms with E-state index in [2.05, 4.69) is 23.9 Å². The van der Waals surface area contributed by atoms with Crippen molar-refractivity contribution in [2.24, 2.45) is 5.92 Å². The van der Waals surface area contributed by atoms with Crippen LogP contribution in [0.4, 0.5) is 23.7 Å². The van der Waals surface area contributed by atoms with Gasteiger partial charge in [-0.3, -0.25) is 4.90 Å². The third-order valence-electron chi connectivity index (χ3n) is 5.23. The number of alkyl halides is 3. The first kappa shape index (κ1) is 22.5.